The first-order chi connectivity index (χ1) is 11.5. The van der Waals surface area contributed by atoms with E-state index in [1.807, 2.05) is 7.05 Å². The lowest BCUT2D eigenvalue weighted by Gasteiger charge is -2.31. The fourth-order valence-corrected chi connectivity index (χ4v) is 5.12. The average molecular weight is 443 g/mol. The summed E-state index contributed by atoms with van der Waals surface area (Å²) in [7, 11) is -1.55. The highest BCUT2D eigenvalue weighted by molar-refractivity contribution is 7.99. The first-order valence-electron chi connectivity index (χ1n) is 7.87. The van der Waals surface area contributed by atoms with E-state index in [0.717, 1.165) is 24.7 Å². The number of carbonyl (C=O) groups is 1. The molecule has 2 aliphatic rings. The molecule has 0 aliphatic carbocycles. The van der Waals surface area contributed by atoms with Crippen LogP contribution in [-0.2, 0) is 14.8 Å². The first-order valence-corrected chi connectivity index (χ1v) is 10.5. The number of likely N-dealkylation sites (N-methyl/N-ethyl adjacent to an activating group) is 1. The maximum atomic E-state index is 12.8. The molecule has 0 radical (unpaired) electrons. The Morgan fingerprint density at radius 2 is 1.92 bits per heavy atom. The minimum absolute atomic E-state index is 0. The number of piperazine rings is 1. The highest BCUT2D eigenvalue weighted by Gasteiger charge is 2.28. The number of nitrogens with zero attached hydrogens (tertiary/aromatic N) is 2. The van der Waals surface area contributed by atoms with Gasteiger partial charge in [0.05, 0.1) is 10.9 Å². The van der Waals surface area contributed by atoms with Crippen molar-refractivity contribution in [1.29, 1.82) is 0 Å². The fourth-order valence-electron chi connectivity index (χ4n) is 2.70. The maximum absolute atomic E-state index is 12.8. The Hall–Kier alpha value is -0.550. The molecule has 0 aromatic heterocycles. The van der Waals surface area contributed by atoms with Crippen LogP contribution in [0, 0.1) is 0 Å². The molecule has 2 aliphatic heterocycles. The van der Waals surface area contributed by atoms with Gasteiger partial charge >= 0.3 is 0 Å². The number of anilines is 1. The smallest absolute Gasteiger partial charge is 0.243 e. The molecule has 1 aromatic carbocycles. The molecule has 2 N–H and O–H groups in total. The SMILES string of the molecule is CN1CCN(S(=O)(=O)c2cccc(NC(=O)C3CSCN3)c2)CC1.Cl.Cl. The molecule has 7 nitrogen and oxygen atoms in total. The van der Waals surface area contributed by atoms with Gasteiger partial charge in [-0.05, 0) is 25.2 Å². The molecule has 1 aromatic rings. The fraction of sp³-hybridized carbons (Fsp3) is 0.533. The highest BCUT2D eigenvalue weighted by atomic mass is 35.5. The standard InChI is InChI=1S/C15H22N4O3S2.2ClH/c1-18-5-7-19(8-6-18)24(21,22)13-4-2-3-12(9-13)17-15(20)14-10-23-11-16-14;;/h2-4,9,14,16H,5-8,10-11H2,1H3,(H,17,20);2*1H. The molecule has 1 atom stereocenters. The second-order valence-corrected chi connectivity index (χ2v) is 8.96. The lowest BCUT2D eigenvalue weighted by molar-refractivity contribution is -0.117. The Bertz CT molecular complexity index is 707. The van der Waals surface area contributed by atoms with Crippen molar-refractivity contribution in [3.8, 4) is 0 Å². The molecule has 2 heterocycles. The minimum Gasteiger partial charge on any atom is -0.325 e. The highest BCUT2D eigenvalue weighted by Crippen LogP contribution is 2.21. The summed E-state index contributed by atoms with van der Waals surface area (Å²) in [5.41, 5.74) is 0.508. The maximum Gasteiger partial charge on any atom is 0.243 e. The van der Waals surface area contributed by atoms with E-state index in [1.54, 1.807) is 30.0 Å². The van der Waals surface area contributed by atoms with Gasteiger partial charge in [-0.15, -0.1) is 36.6 Å². The second kappa shape index (κ2) is 10.1. The third-order valence-corrected chi connectivity index (χ3v) is 7.07. The molecule has 26 heavy (non-hydrogen) atoms. The summed E-state index contributed by atoms with van der Waals surface area (Å²) in [6, 6.07) is 6.26. The van der Waals surface area contributed by atoms with Crippen LogP contribution >= 0.6 is 36.6 Å². The Balaban J connectivity index is 0.00000169. The van der Waals surface area contributed by atoms with Crippen LogP contribution in [0.15, 0.2) is 29.2 Å². The van der Waals surface area contributed by atoms with Gasteiger partial charge in [0.2, 0.25) is 15.9 Å². The van der Waals surface area contributed by atoms with Crippen LogP contribution < -0.4 is 10.6 Å². The summed E-state index contributed by atoms with van der Waals surface area (Å²) in [6.45, 7) is 2.42. The molecular weight excluding hydrogens is 419 g/mol. The molecule has 1 unspecified atom stereocenters. The van der Waals surface area contributed by atoms with Crippen LogP contribution in [0.5, 0.6) is 0 Å². The third kappa shape index (κ3) is 5.48. The lowest BCUT2D eigenvalue weighted by atomic mass is 10.2. The Morgan fingerprint density at radius 3 is 2.54 bits per heavy atom. The van der Waals surface area contributed by atoms with Gasteiger partial charge in [-0.2, -0.15) is 4.31 Å². The second-order valence-electron chi connectivity index (χ2n) is 6.00. The van der Waals surface area contributed by atoms with Crippen LogP contribution in [0.3, 0.4) is 0 Å². The number of benzene rings is 1. The van der Waals surface area contributed by atoms with Crippen molar-refractivity contribution in [2.45, 2.75) is 10.9 Å². The molecular formula is C15H24Cl2N4O3S2. The zero-order valence-electron chi connectivity index (χ0n) is 14.4. The van der Waals surface area contributed by atoms with E-state index < -0.39 is 10.0 Å². The van der Waals surface area contributed by atoms with E-state index in [9.17, 15) is 13.2 Å². The topological polar surface area (TPSA) is 81.8 Å². The monoisotopic (exact) mass is 442 g/mol. The predicted octanol–water partition coefficient (Wildman–Crippen LogP) is 1.07. The number of nitrogens with one attached hydrogen (secondary N) is 2. The minimum atomic E-state index is -3.53. The van der Waals surface area contributed by atoms with E-state index in [0.29, 0.717) is 18.8 Å². The summed E-state index contributed by atoms with van der Waals surface area (Å²) in [4.78, 5) is 14.5. The van der Waals surface area contributed by atoms with E-state index in [4.69, 9.17) is 0 Å². The van der Waals surface area contributed by atoms with Crippen molar-refractivity contribution in [2.75, 3.05) is 50.2 Å². The molecule has 11 heteroatoms. The van der Waals surface area contributed by atoms with Crippen LogP contribution in [0.4, 0.5) is 5.69 Å². The van der Waals surface area contributed by atoms with Gasteiger partial charge in [-0.25, -0.2) is 8.42 Å². The Kier molecular flexibility index (Phi) is 9.14. The Morgan fingerprint density at radius 1 is 1.23 bits per heavy atom. The molecule has 3 rings (SSSR count). The number of sulfonamides is 1. The Labute approximate surface area is 171 Å². The van der Waals surface area contributed by atoms with Crippen LogP contribution in [0.1, 0.15) is 0 Å². The summed E-state index contributed by atoms with van der Waals surface area (Å²) in [5, 5.41) is 5.90. The summed E-state index contributed by atoms with van der Waals surface area (Å²) < 4.78 is 27.0. The van der Waals surface area contributed by atoms with Gasteiger partial charge in [-0.1, -0.05) is 6.07 Å². The zero-order valence-corrected chi connectivity index (χ0v) is 17.6. The molecule has 0 spiro atoms. The number of hydrogen-bond donors (Lipinski definition) is 2. The van der Waals surface area contributed by atoms with E-state index in [2.05, 4.69) is 15.5 Å². The van der Waals surface area contributed by atoms with Gasteiger partial charge in [0.15, 0.2) is 0 Å². The van der Waals surface area contributed by atoms with Crippen LogP contribution in [-0.4, -0.2) is 74.4 Å². The number of rotatable bonds is 4. The van der Waals surface area contributed by atoms with Crippen molar-refractivity contribution >= 4 is 58.2 Å². The number of amides is 1. The lowest BCUT2D eigenvalue weighted by Crippen LogP contribution is -2.47. The molecule has 148 valence electrons. The van der Waals surface area contributed by atoms with Crippen molar-refractivity contribution < 1.29 is 13.2 Å². The van der Waals surface area contributed by atoms with Crippen molar-refractivity contribution in [3.05, 3.63) is 24.3 Å². The molecule has 2 saturated heterocycles. The normalized spacial score (nSPS) is 21.5. The summed E-state index contributed by atoms with van der Waals surface area (Å²) in [6.07, 6.45) is 0. The van der Waals surface area contributed by atoms with Crippen LogP contribution in [0.25, 0.3) is 0 Å². The molecule has 2 fully saturated rings. The molecule has 0 bridgehead atoms. The van der Waals surface area contributed by atoms with Crippen molar-refractivity contribution in [2.24, 2.45) is 0 Å². The average Bonchev–Trinajstić information content (AvgIpc) is 3.10. The molecule has 1 amide bonds. The van der Waals surface area contributed by atoms with Crippen LogP contribution in [0.2, 0.25) is 0 Å². The van der Waals surface area contributed by atoms with Gasteiger partial charge in [0, 0.05) is 43.5 Å². The van der Waals surface area contributed by atoms with Crippen molar-refractivity contribution in [3.63, 3.8) is 0 Å². The third-order valence-electron chi connectivity index (χ3n) is 4.23. The number of thioether (sulfide) groups is 1. The van der Waals surface area contributed by atoms with Gasteiger partial charge in [0.1, 0.15) is 0 Å². The quantitative estimate of drug-likeness (QED) is 0.725. The molecule has 0 saturated carbocycles. The van der Waals surface area contributed by atoms with Crippen molar-refractivity contribution in [1.82, 2.24) is 14.5 Å². The van der Waals surface area contributed by atoms with E-state index >= 15 is 0 Å². The largest absolute Gasteiger partial charge is 0.325 e. The van der Waals surface area contributed by atoms with Gasteiger partial charge < -0.3 is 10.2 Å². The van der Waals surface area contributed by atoms with Gasteiger partial charge in [0.25, 0.3) is 0 Å². The predicted molar refractivity (Wildman–Crippen MR) is 110 cm³/mol. The summed E-state index contributed by atoms with van der Waals surface area (Å²) >= 11 is 1.67. The number of hydrogen-bond acceptors (Lipinski definition) is 6. The first kappa shape index (κ1) is 23.5. The zero-order chi connectivity index (χ0) is 17.2. The number of carbonyl (C=O) groups excluding carboxylic acids is 1. The van der Waals surface area contributed by atoms with E-state index in [-0.39, 0.29) is 41.7 Å². The number of halogens is 2. The van der Waals surface area contributed by atoms with Gasteiger partial charge in [-0.3, -0.25) is 10.1 Å². The summed E-state index contributed by atoms with van der Waals surface area (Å²) in [5.74, 6) is 1.36. The van der Waals surface area contributed by atoms with E-state index in [1.165, 1.54) is 10.4 Å².